The van der Waals surface area contributed by atoms with Crippen molar-refractivity contribution < 1.29 is 0 Å². The minimum absolute atomic E-state index is 0.550. The second-order valence-corrected chi connectivity index (χ2v) is 6.79. The first-order valence-electron chi connectivity index (χ1n) is 9.12. The average Bonchev–Trinajstić information content (AvgIpc) is 3.38. The van der Waals surface area contributed by atoms with E-state index in [9.17, 15) is 0 Å². The van der Waals surface area contributed by atoms with E-state index in [-0.39, 0.29) is 0 Å². The van der Waals surface area contributed by atoms with Gasteiger partial charge in [0.1, 0.15) is 16.9 Å². The number of hydrogen-bond acceptors (Lipinski definition) is 5. The molecule has 0 spiro atoms. The van der Waals surface area contributed by atoms with E-state index in [0.717, 1.165) is 54.1 Å². The summed E-state index contributed by atoms with van der Waals surface area (Å²) in [6.07, 6.45) is 9.86. The molecule has 3 heterocycles. The van der Waals surface area contributed by atoms with E-state index >= 15 is 0 Å². The zero-order valence-electron chi connectivity index (χ0n) is 14.9. The number of anilines is 1. The molecule has 1 saturated carbocycles. The van der Waals surface area contributed by atoms with Crippen molar-refractivity contribution in [2.45, 2.75) is 51.5 Å². The summed E-state index contributed by atoms with van der Waals surface area (Å²) >= 11 is 0. The maximum absolute atomic E-state index is 4.86. The van der Waals surface area contributed by atoms with Gasteiger partial charge in [-0.25, -0.2) is 9.97 Å². The van der Waals surface area contributed by atoms with Gasteiger partial charge in [0.05, 0.1) is 5.69 Å². The summed E-state index contributed by atoms with van der Waals surface area (Å²) in [6, 6.07) is 4.62. The van der Waals surface area contributed by atoms with E-state index in [1.807, 2.05) is 24.0 Å². The van der Waals surface area contributed by atoms with Crippen LogP contribution in [-0.4, -0.2) is 30.8 Å². The molecule has 3 aromatic rings. The van der Waals surface area contributed by atoms with Gasteiger partial charge < -0.3 is 5.32 Å². The summed E-state index contributed by atoms with van der Waals surface area (Å²) in [6.45, 7) is 2.17. The predicted octanol–water partition coefficient (Wildman–Crippen LogP) is 3.07. The van der Waals surface area contributed by atoms with Crippen molar-refractivity contribution in [2.75, 3.05) is 5.32 Å². The first-order chi connectivity index (χ1) is 12.2. The molecule has 4 rings (SSSR count). The van der Waals surface area contributed by atoms with E-state index < -0.39 is 0 Å². The Hall–Kier alpha value is -2.50. The number of nitrogens with one attached hydrogen (secondary N) is 1. The van der Waals surface area contributed by atoms with Gasteiger partial charge in [0.15, 0.2) is 5.82 Å². The smallest absolute Gasteiger partial charge is 0.156 e. The van der Waals surface area contributed by atoms with Crippen LogP contribution in [0.1, 0.15) is 43.3 Å². The van der Waals surface area contributed by atoms with Crippen LogP contribution in [0, 0.1) is 0 Å². The van der Waals surface area contributed by atoms with Crippen LogP contribution in [-0.2, 0) is 26.3 Å². The van der Waals surface area contributed by atoms with Gasteiger partial charge >= 0.3 is 0 Å². The number of hydrogen-bond donors (Lipinski definition) is 1. The van der Waals surface area contributed by atoms with E-state index in [0.29, 0.717) is 6.04 Å². The molecule has 0 bridgehead atoms. The summed E-state index contributed by atoms with van der Waals surface area (Å²) in [5, 5.41) is 8.26. The number of aromatic nitrogens is 5. The highest BCUT2D eigenvalue weighted by Crippen LogP contribution is 2.29. The van der Waals surface area contributed by atoms with Crippen LogP contribution < -0.4 is 5.32 Å². The van der Waals surface area contributed by atoms with Gasteiger partial charge in [-0.2, -0.15) is 5.10 Å². The fourth-order valence-electron chi connectivity index (χ4n) is 3.13. The van der Waals surface area contributed by atoms with Gasteiger partial charge in [0, 0.05) is 31.9 Å². The van der Waals surface area contributed by atoms with Crippen LogP contribution in [0.3, 0.4) is 0 Å². The standard InChI is InChI=1S/C19H24N6/c1-3-5-15-17-18(25(2)24-15)19(21-14-8-9-14)23-16(22-17)10-7-13-6-4-11-20-12-13/h4,6,11-12,14H,3,5,7-10H2,1-2H3,(H,21,22,23). The molecule has 0 atom stereocenters. The second kappa shape index (κ2) is 6.78. The molecular formula is C19H24N6. The summed E-state index contributed by atoms with van der Waals surface area (Å²) in [4.78, 5) is 13.9. The maximum Gasteiger partial charge on any atom is 0.156 e. The topological polar surface area (TPSA) is 68.5 Å². The maximum atomic E-state index is 4.86. The average molecular weight is 336 g/mol. The number of pyridine rings is 1. The van der Waals surface area contributed by atoms with Gasteiger partial charge in [-0.1, -0.05) is 19.4 Å². The molecule has 1 fully saturated rings. The lowest BCUT2D eigenvalue weighted by Gasteiger charge is -2.09. The third-order valence-corrected chi connectivity index (χ3v) is 4.56. The Morgan fingerprint density at radius 2 is 2.08 bits per heavy atom. The highest BCUT2D eigenvalue weighted by Gasteiger charge is 2.25. The molecule has 130 valence electrons. The Morgan fingerprint density at radius 1 is 1.20 bits per heavy atom. The second-order valence-electron chi connectivity index (χ2n) is 6.79. The molecule has 6 nitrogen and oxygen atoms in total. The molecule has 0 aliphatic heterocycles. The third-order valence-electron chi connectivity index (χ3n) is 4.56. The van der Waals surface area contributed by atoms with Crippen molar-refractivity contribution in [1.29, 1.82) is 0 Å². The Bertz CT molecular complexity index is 867. The Morgan fingerprint density at radius 3 is 2.80 bits per heavy atom. The number of fused-ring (bicyclic) bond motifs is 1. The molecule has 0 unspecified atom stereocenters. The highest BCUT2D eigenvalue weighted by molar-refractivity contribution is 5.88. The Kier molecular flexibility index (Phi) is 4.34. The van der Waals surface area contributed by atoms with Crippen LogP contribution in [0.5, 0.6) is 0 Å². The van der Waals surface area contributed by atoms with Gasteiger partial charge in [0.25, 0.3) is 0 Å². The van der Waals surface area contributed by atoms with Gasteiger partial charge in [-0.3, -0.25) is 9.67 Å². The van der Waals surface area contributed by atoms with Crippen LogP contribution >= 0.6 is 0 Å². The largest absolute Gasteiger partial charge is 0.365 e. The molecule has 0 radical (unpaired) electrons. The van der Waals surface area contributed by atoms with Gasteiger partial charge in [-0.05, 0) is 37.3 Å². The third kappa shape index (κ3) is 3.48. The molecule has 1 aliphatic carbocycles. The Labute approximate surface area is 147 Å². The molecule has 6 heteroatoms. The molecule has 3 aromatic heterocycles. The number of nitrogens with zero attached hydrogens (tertiary/aromatic N) is 5. The van der Waals surface area contributed by atoms with E-state index in [1.54, 1.807) is 6.20 Å². The summed E-state index contributed by atoms with van der Waals surface area (Å²) in [5.41, 5.74) is 4.32. The highest BCUT2D eigenvalue weighted by atomic mass is 15.3. The zero-order valence-corrected chi connectivity index (χ0v) is 14.9. The Balaban J connectivity index is 1.69. The molecular weight excluding hydrogens is 312 g/mol. The molecule has 1 aliphatic rings. The molecule has 0 aromatic carbocycles. The molecule has 0 amide bonds. The molecule has 1 N–H and O–H groups in total. The monoisotopic (exact) mass is 336 g/mol. The first kappa shape index (κ1) is 16.0. The van der Waals surface area contributed by atoms with Crippen LogP contribution in [0.15, 0.2) is 24.5 Å². The number of aryl methyl sites for hydroxylation is 4. The van der Waals surface area contributed by atoms with Crippen molar-refractivity contribution in [1.82, 2.24) is 24.7 Å². The number of rotatable bonds is 7. The lowest BCUT2D eigenvalue weighted by Crippen LogP contribution is -2.09. The van der Waals surface area contributed by atoms with Crippen molar-refractivity contribution in [2.24, 2.45) is 7.05 Å². The van der Waals surface area contributed by atoms with Crippen molar-refractivity contribution in [3.8, 4) is 0 Å². The quantitative estimate of drug-likeness (QED) is 0.718. The minimum Gasteiger partial charge on any atom is -0.365 e. The van der Waals surface area contributed by atoms with Crippen molar-refractivity contribution in [3.63, 3.8) is 0 Å². The predicted molar refractivity (Wildman–Crippen MR) is 98.6 cm³/mol. The van der Waals surface area contributed by atoms with Crippen molar-refractivity contribution in [3.05, 3.63) is 41.6 Å². The minimum atomic E-state index is 0.550. The SMILES string of the molecule is CCCc1nn(C)c2c(NC3CC3)nc(CCc3cccnc3)nc12. The van der Waals surface area contributed by atoms with Crippen LogP contribution in [0.25, 0.3) is 11.0 Å². The summed E-state index contributed by atoms with van der Waals surface area (Å²) in [5.74, 6) is 1.82. The normalized spacial score (nSPS) is 14.2. The van der Waals surface area contributed by atoms with E-state index in [2.05, 4.69) is 23.3 Å². The van der Waals surface area contributed by atoms with Crippen LogP contribution in [0.4, 0.5) is 5.82 Å². The van der Waals surface area contributed by atoms with E-state index in [1.165, 1.54) is 18.4 Å². The summed E-state index contributed by atoms with van der Waals surface area (Å²) < 4.78 is 1.93. The van der Waals surface area contributed by atoms with Crippen molar-refractivity contribution >= 4 is 16.9 Å². The van der Waals surface area contributed by atoms with Gasteiger partial charge in [-0.15, -0.1) is 0 Å². The van der Waals surface area contributed by atoms with Gasteiger partial charge in [0.2, 0.25) is 0 Å². The fourth-order valence-corrected chi connectivity index (χ4v) is 3.13. The van der Waals surface area contributed by atoms with E-state index in [4.69, 9.17) is 15.1 Å². The first-order valence-corrected chi connectivity index (χ1v) is 9.12. The fraction of sp³-hybridized carbons (Fsp3) is 0.474. The lowest BCUT2D eigenvalue weighted by atomic mass is 10.1. The summed E-state index contributed by atoms with van der Waals surface area (Å²) in [7, 11) is 1.98. The van der Waals surface area contributed by atoms with Crippen LogP contribution in [0.2, 0.25) is 0 Å². The molecule has 25 heavy (non-hydrogen) atoms. The lowest BCUT2D eigenvalue weighted by molar-refractivity contribution is 0.752. The molecule has 0 saturated heterocycles. The zero-order chi connectivity index (χ0) is 17.2.